The molecular weight excluding hydrogens is 526 g/mol. The van der Waals surface area contributed by atoms with Crippen molar-refractivity contribution in [3.05, 3.63) is 83.3 Å². The van der Waals surface area contributed by atoms with Crippen molar-refractivity contribution in [2.24, 2.45) is 5.73 Å². The molecule has 1 aliphatic heterocycles. The SMILES string of the molecule is Nc1ncnc2c1ncn2Cc1cc(-c2ccc(F)c(F)c2)ncc1N1CCCC(N)(c2ccc(Cl)nn2)C1. The lowest BCUT2D eigenvalue weighted by Gasteiger charge is -2.41. The second-order valence-corrected chi connectivity index (χ2v) is 9.94. The molecule has 1 atom stereocenters. The lowest BCUT2D eigenvalue weighted by Crippen LogP contribution is -2.52. The smallest absolute Gasteiger partial charge is 0.165 e. The summed E-state index contributed by atoms with van der Waals surface area (Å²) in [6, 6.07) is 9.05. The maximum absolute atomic E-state index is 14.0. The van der Waals surface area contributed by atoms with Crippen molar-refractivity contribution < 1.29 is 8.78 Å². The quantitative estimate of drug-likeness (QED) is 0.336. The maximum atomic E-state index is 14.0. The zero-order valence-electron chi connectivity index (χ0n) is 20.6. The van der Waals surface area contributed by atoms with E-state index in [0.29, 0.717) is 46.4 Å². The molecule has 0 radical (unpaired) electrons. The summed E-state index contributed by atoms with van der Waals surface area (Å²) in [5.74, 6) is -1.58. The third kappa shape index (κ3) is 4.72. The number of nitrogens with two attached hydrogens (primary N) is 2. The number of aromatic nitrogens is 7. The molecule has 6 rings (SSSR count). The third-order valence-electron chi connectivity index (χ3n) is 6.96. The molecule has 0 amide bonds. The van der Waals surface area contributed by atoms with E-state index >= 15 is 0 Å². The van der Waals surface area contributed by atoms with Gasteiger partial charge in [0.25, 0.3) is 0 Å². The Bertz CT molecular complexity index is 1680. The monoisotopic (exact) mass is 548 g/mol. The number of nitrogens with zero attached hydrogens (tertiary/aromatic N) is 8. The molecule has 1 unspecified atom stereocenters. The Morgan fingerprint density at radius 1 is 1.00 bits per heavy atom. The van der Waals surface area contributed by atoms with Crippen LogP contribution in [0.15, 0.2) is 55.2 Å². The van der Waals surface area contributed by atoms with Gasteiger partial charge >= 0.3 is 0 Å². The van der Waals surface area contributed by atoms with Crippen LogP contribution in [0.2, 0.25) is 5.15 Å². The molecule has 10 nitrogen and oxygen atoms in total. The molecule has 1 aromatic carbocycles. The van der Waals surface area contributed by atoms with E-state index in [1.807, 2.05) is 10.6 Å². The average molecular weight is 549 g/mol. The number of rotatable bonds is 5. The van der Waals surface area contributed by atoms with Crippen molar-refractivity contribution in [1.29, 1.82) is 0 Å². The van der Waals surface area contributed by atoms with Gasteiger partial charge in [0.2, 0.25) is 0 Å². The van der Waals surface area contributed by atoms with E-state index in [1.165, 1.54) is 12.4 Å². The minimum absolute atomic E-state index is 0.282. The molecule has 13 heteroatoms. The van der Waals surface area contributed by atoms with Crippen LogP contribution in [0.4, 0.5) is 20.3 Å². The van der Waals surface area contributed by atoms with Gasteiger partial charge in [0.05, 0.1) is 41.7 Å². The Morgan fingerprint density at radius 3 is 2.67 bits per heavy atom. The summed E-state index contributed by atoms with van der Waals surface area (Å²) in [7, 11) is 0. The Labute approximate surface area is 226 Å². The highest BCUT2D eigenvalue weighted by Gasteiger charge is 2.36. The number of piperidine rings is 1. The van der Waals surface area contributed by atoms with E-state index in [0.717, 1.165) is 42.8 Å². The number of benzene rings is 1. The van der Waals surface area contributed by atoms with Crippen LogP contribution in [0.25, 0.3) is 22.4 Å². The summed E-state index contributed by atoms with van der Waals surface area (Å²) in [5, 5.41) is 8.51. The van der Waals surface area contributed by atoms with Crippen LogP contribution in [0.1, 0.15) is 24.1 Å². The van der Waals surface area contributed by atoms with Gasteiger partial charge in [0.1, 0.15) is 11.8 Å². The van der Waals surface area contributed by atoms with Crippen LogP contribution >= 0.6 is 11.6 Å². The lowest BCUT2D eigenvalue weighted by atomic mass is 9.86. The molecule has 4 N–H and O–H groups in total. The van der Waals surface area contributed by atoms with Gasteiger partial charge in [0, 0.05) is 18.7 Å². The molecule has 0 bridgehead atoms. The zero-order chi connectivity index (χ0) is 27.1. The number of hydrogen-bond acceptors (Lipinski definition) is 9. The predicted molar refractivity (Wildman–Crippen MR) is 143 cm³/mol. The van der Waals surface area contributed by atoms with E-state index in [-0.39, 0.29) is 5.82 Å². The highest BCUT2D eigenvalue weighted by Crippen LogP contribution is 2.34. The molecule has 1 fully saturated rings. The van der Waals surface area contributed by atoms with E-state index < -0.39 is 17.2 Å². The van der Waals surface area contributed by atoms with Crippen LogP contribution in [0, 0.1) is 11.6 Å². The van der Waals surface area contributed by atoms with Crippen molar-refractivity contribution in [2.45, 2.75) is 24.9 Å². The molecule has 4 aromatic heterocycles. The Morgan fingerprint density at radius 2 is 1.87 bits per heavy atom. The van der Waals surface area contributed by atoms with E-state index in [4.69, 9.17) is 23.1 Å². The van der Waals surface area contributed by atoms with Gasteiger partial charge in [-0.2, -0.15) is 5.10 Å². The van der Waals surface area contributed by atoms with E-state index in [2.05, 4.69) is 35.0 Å². The average Bonchev–Trinajstić information content (AvgIpc) is 3.34. The Kier molecular flexibility index (Phi) is 6.28. The standard InChI is InChI=1S/C26H23ClF2N10/c27-22-5-4-21(36-37-22)26(31)6-1-7-38(12-26)20-10-32-19(15-2-3-17(28)18(29)8-15)9-16(20)11-39-14-35-23-24(30)33-13-34-25(23)39/h2-5,8-10,13-14H,1,6-7,11-12,31H2,(H2,30,33,34). The first-order valence-corrected chi connectivity index (χ1v) is 12.6. The highest BCUT2D eigenvalue weighted by molar-refractivity contribution is 6.29. The number of anilines is 2. The Hall–Kier alpha value is -4.29. The van der Waals surface area contributed by atoms with Crippen LogP contribution in [0.5, 0.6) is 0 Å². The van der Waals surface area contributed by atoms with E-state index in [9.17, 15) is 8.78 Å². The number of halogens is 3. The van der Waals surface area contributed by atoms with Gasteiger partial charge in [-0.15, -0.1) is 5.10 Å². The first-order valence-electron chi connectivity index (χ1n) is 12.2. The number of imidazole rings is 1. The van der Waals surface area contributed by atoms with Gasteiger partial charge in [-0.3, -0.25) is 4.98 Å². The minimum Gasteiger partial charge on any atom is -0.382 e. The topological polar surface area (TPSA) is 138 Å². The van der Waals surface area contributed by atoms with Gasteiger partial charge < -0.3 is 20.9 Å². The first-order chi connectivity index (χ1) is 18.8. The first kappa shape index (κ1) is 25.0. The van der Waals surface area contributed by atoms with Gasteiger partial charge in [-0.25, -0.2) is 23.7 Å². The fraction of sp³-hybridized carbons (Fsp3) is 0.231. The van der Waals surface area contributed by atoms with Crippen LogP contribution in [-0.2, 0) is 12.1 Å². The molecule has 1 saturated heterocycles. The van der Waals surface area contributed by atoms with E-state index in [1.54, 1.807) is 24.7 Å². The summed E-state index contributed by atoms with van der Waals surface area (Å²) >= 11 is 5.94. The van der Waals surface area contributed by atoms with Crippen molar-refractivity contribution in [1.82, 2.24) is 34.7 Å². The number of fused-ring (bicyclic) bond motifs is 1. The van der Waals surface area contributed by atoms with Crippen molar-refractivity contribution in [3.63, 3.8) is 0 Å². The van der Waals surface area contributed by atoms with Gasteiger partial charge in [-0.05, 0) is 54.8 Å². The molecule has 198 valence electrons. The molecule has 0 aliphatic carbocycles. The molecule has 0 spiro atoms. The summed E-state index contributed by atoms with van der Waals surface area (Å²) in [4.78, 5) is 19.5. The fourth-order valence-corrected chi connectivity index (χ4v) is 5.09. The molecule has 5 aromatic rings. The molecular formula is C26H23ClF2N10. The second kappa shape index (κ2) is 9.79. The highest BCUT2D eigenvalue weighted by atomic mass is 35.5. The number of pyridine rings is 1. The summed E-state index contributed by atoms with van der Waals surface area (Å²) in [6.07, 6.45) is 6.29. The lowest BCUT2D eigenvalue weighted by molar-refractivity contribution is 0.342. The molecule has 0 saturated carbocycles. The van der Waals surface area contributed by atoms with Crippen LogP contribution in [-0.4, -0.2) is 47.8 Å². The normalized spacial score (nSPS) is 17.6. The summed E-state index contributed by atoms with van der Waals surface area (Å²) in [5.41, 5.74) is 16.4. The summed E-state index contributed by atoms with van der Waals surface area (Å²) < 4.78 is 29.5. The summed E-state index contributed by atoms with van der Waals surface area (Å²) in [6.45, 7) is 1.55. The van der Waals surface area contributed by atoms with Crippen LogP contribution < -0.4 is 16.4 Å². The van der Waals surface area contributed by atoms with Crippen molar-refractivity contribution in [3.8, 4) is 11.3 Å². The third-order valence-corrected chi connectivity index (χ3v) is 7.16. The largest absolute Gasteiger partial charge is 0.382 e. The molecule has 39 heavy (non-hydrogen) atoms. The minimum atomic E-state index is -0.944. The Balaban J connectivity index is 1.42. The van der Waals surface area contributed by atoms with Crippen molar-refractivity contribution >= 4 is 34.3 Å². The number of hydrogen-bond donors (Lipinski definition) is 2. The zero-order valence-corrected chi connectivity index (χ0v) is 21.4. The predicted octanol–water partition coefficient (Wildman–Crippen LogP) is 3.69. The number of nitrogen functional groups attached to an aromatic ring is 1. The molecule has 5 heterocycles. The van der Waals surface area contributed by atoms with Crippen LogP contribution in [0.3, 0.4) is 0 Å². The maximum Gasteiger partial charge on any atom is 0.165 e. The second-order valence-electron chi connectivity index (χ2n) is 9.55. The molecule has 1 aliphatic rings. The van der Waals surface area contributed by atoms with Gasteiger partial charge in [0.15, 0.2) is 28.3 Å². The fourth-order valence-electron chi connectivity index (χ4n) is 4.99. The van der Waals surface area contributed by atoms with Gasteiger partial charge in [-0.1, -0.05) is 11.6 Å². The van der Waals surface area contributed by atoms with Crippen molar-refractivity contribution in [2.75, 3.05) is 23.7 Å².